The molecular formula is C16H17Cl2NO2. The normalized spacial score (nSPS) is 12.9. The fraction of sp³-hybridized carbons (Fsp3) is 0.188. The van der Waals surface area contributed by atoms with Gasteiger partial charge in [-0.2, -0.15) is 0 Å². The molecule has 0 aliphatic carbocycles. The van der Waals surface area contributed by atoms with E-state index in [1.807, 2.05) is 30.3 Å². The number of ether oxygens (including phenoxy) is 1. The Hall–Kier alpha value is -1.55. The van der Waals surface area contributed by atoms with Crippen LogP contribution in [0.15, 0.2) is 54.6 Å². The van der Waals surface area contributed by atoms with Gasteiger partial charge in [-0.3, -0.25) is 4.79 Å². The van der Waals surface area contributed by atoms with Crippen LogP contribution in [0.5, 0.6) is 5.75 Å². The van der Waals surface area contributed by atoms with E-state index in [9.17, 15) is 4.79 Å². The van der Waals surface area contributed by atoms with Crippen molar-refractivity contribution < 1.29 is 9.53 Å². The zero-order valence-corrected chi connectivity index (χ0v) is 13.1. The molecule has 0 saturated carbocycles. The van der Waals surface area contributed by atoms with Crippen molar-refractivity contribution in [1.29, 1.82) is 0 Å². The van der Waals surface area contributed by atoms with Crippen molar-refractivity contribution in [3.05, 3.63) is 65.2 Å². The highest BCUT2D eigenvalue weighted by Gasteiger charge is 2.24. The molecule has 0 spiro atoms. The van der Waals surface area contributed by atoms with Gasteiger partial charge in [0.25, 0.3) is 0 Å². The molecule has 0 saturated heterocycles. The zero-order chi connectivity index (χ0) is 14.5. The first-order chi connectivity index (χ1) is 9.58. The molecule has 0 aliphatic rings. The first kappa shape index (κ1) is 17.5. The van der Waals surface area contributed by atoms with E-state index < -0.39 is 12.0 Å². The third-order valence-corrected chi connectivity index (χ3v) is 3.38. The van der Waals surface area contributed by atoms with Crippen molar-refractivity contribution >= 4 is 30.0 Å². The number of rotatable bonds is 4. The van der Waals surface area contributed by atoms with Crippen molar-refractivity contribution in [2.45, 2.75) is 13.0 Å². The van der Waals surface area contributed by atoms with Crippen molar-refractivity contribution in [3.63, 3.8) is 0 Å². The van der Waals surface area contributed by atoms with Crippen LogP contribution in [0.1, 0.15) is 18.5 Å². The van der Waals surface area contributed by atoms with Gasteiger partial charge in [0.2, 0.25) is 0 Å². The molecule has 112 valence electrons. The summed E-state index contributed by atoms with van der Waals surface area (Å²) < 4.78 is 5.30. The second-order valence-electron chi connectivity index (χ2n) is 4.60. The van der Waals surface area contributed by atoms with Crippen LogP contribution >= 0.6 is 24.0 Å². The van der Waals surface area contributed by atoms with Gasteiger partial charge < -0.3 is 10.5 Å². The van der Waals surface area contributed by atoms with Crippen molar-refractivity contribution in [3.8, 4) is 5.75 Å². The third kappa shape index (κ3) is 4.74. The van der Waals surface area contributed by atoms with E-state index in [1.165, 1.54) is 0 Å². The molecule has 5 heteroatoms. The highest BCUT2D eigenvalue weighted by molar-refractivity contribution is 6.30. The molecule has 2 N–H and O–H groups in total. The molecule has 0 aromatic heterocycles. The van der Waals surface area contributed by atoms with Crippen LogP contribution in [0.3, 0.4) is 0 Å². The minimum atomic E-state index is -0.448. The van der Waals surface area contributed by atoms with Gasteiger partial charge in [-0.1, -0.05) is 48.9 Å². The second kappa shape index (κ2) is 8.03. The standard InChI is InChI=1S/C16H16ClNO2.ClH/c1-11(15(18)12-7-9-13(17)10-8-12)16(19)20-14-5-3-2-4-6-14;/h2-11,15H,18H2,1H3;1H/t11-,15-;/m0./s1. The topological polar surface area (TPSA) is 52.3 Å². The number of carbonyl (C=O) groups is 1. The molecular weight excluding hydrogens is 309 g/mol. The molecule has 0 unspecified atom stereocenters. The lowest BCUT2D eigenvalue weighted by Gasteiger charge is -2.19. The van der Waals surface area contributed by atoms with E-state index >= 15 is 0 Å². The van der Waals surface area contributed by atoms with Crippen molar-refractivity contribution in [2.75, 3.05) is 0 Å². The second-order valence-corrected chi connectivity index (χ2v) is 5.04. The summed E-state index contributed by atoms with van der Waals surface area (Å²) in [5.41, 5.74) is 6.95. The van der Waals surface area contributed by atoms with Crippen LogP contribution in [-0.4, -0.2) is 5.97 Å². The number of hydrogen-bond donors (Lipinski definition) is 1. The summed E-state index contributed by atoms with van der Waals surface area (Å²) in [6, 6.07) is 15.7. The average molecular weight is 326 g/mol. The first-order valence-corrected chi connectivity index (χ1v) is 6.73. The maximum atomic E-state index is 12.1. The predicted molar refractivity (Wildman–Crippen MR) is 86.9 cm³/mol. The Balaban J connectivity index is 0.00000220. The highest BCUT2D eigenvalue weighted by Crippen LogP contribution is 2.23. The molecule has 2 rings (SSSR count). The first-order valence-electron chi connectivity index (χ1n) is 6.35. The van der Waals surface area contributed by atoms with E-state index in [2.05, 4.69) is 0 Å². The molecule has 0 bridgehead atoms. The average Bonchev–Trinajstić information content (AvgIpc) is 2.47. The Labute approximate surface area is 135 Å². The Kier molecular flexibility index (Phi) is 6.69. The smallest absolute Gasteiger partial charge is 0.315 e. The summed E-state index contributed by atoms with van der Waals surface area (Å²) in [5, 5.41) is 0.639. The summed E-state index contributed by atoms with van der Waals surface area (Å²) in [7, 11) is 0. The fourth-order valence-corrected chi connectivity index (χ4v) is 1.94. The number of carbonyl (C=O) groups excluding carboxylic acids is 1. The van der Waals surface area contributed by atoms with E-state index in [4.69, 9.17) is 22.1 Å². The molecule has 0 amide bonds. The Bertz CT molecular complexity index is 573. The summed E-state index contributed by atoms with van der Waals surface area (Å²) in [6.07, 6.45) is 0. The maximum Gasteiger partial charge on any atom is 0.315 e. The van der Waals surface area contributed by atoms with Crippen LogP contribution in [0, 0.1) is 5.92 Å². The van der Waals surface area contributed by atoms with E-state index in [1.54, 1.807) is 31.2 Å². The Morgan fingerprint density at radius 3 is 2.24 bits per heavy atom. The van der Waals surface area contributed by atoms with Gasteiger partial charge in [-0.15, -0.1) is 12.4 Å². The molecule has 0 radical (unpaired) electrons. The van der Waals surface area contributed by atoms with Crippen LogP contribution in [0.25, 0.3) is 0 Å². The van der Waals surface area contributed by atoms with Gasteiger partial charge in [0, 0.05) is 11.1 Å². The molecule has 21 heavy (non-hydrogen) atoms. The summed E-state index contributed by atoms with van der Waals surface area (Å²) in [4.78, 5) is 12.1. The monoisotopic (exact) mass is 325 g/mol. The number of halogens is 2. The van der Waals surface area contributed by atoms with Crippen LogP contribution in [-0.2, 0) is 4.79 Å². The lowest BCUT2D eigenvalue weighted by Crippen LogP contribution is -2.29. The number of hydrogen-bond acceptors (Lipinski definition) is 3. The van der Waals surface area contributed by atoms with Gasteiger partial charge in [0.05, 0.1) is 5.92 Å². The van der Waals surface area contributed by atoms with Gasteiger partial charge in [0.15, 0.2) is 0 Å². The molecule has 2 aromatic carbocycles. The number of nitrogens with two attached hydrogens (primary N) is 1. The lowest BCUT2D eigenvalue weighted by atomic mass is 9.95. The largest absolute Gasteiger partial charge is 0.426 e. The zero-order valence-electron chi connectivity index (χ0n) is 11.5. The number of benzene rings is 2. The van der Waals surface area contributed by atoms with E-state index in [-0.39, 0.29) is 18.4 Å². The fourth-order valence-electron chi connectivity index (χ4n) is 1.82. The van der Waals surface area contributed by atoms with Crippen LogP contribution in [0.2, 0.25) is 5.02 Å². The summed E-state index contributed by atoms with van der Waals surface area (Å²) in [5.74, 6) is -0.275. The van der Waals surface area contributed by atoms with E-state index in [0.717, 1.165) is 5.56 Å². The minimum Gasteiger partial charge on any atom is -0.426 e. The van der Waals surface area contributed by atoms with Gasteiger partial charge in [0.1, 0.15) is 5.75 Å². The van der Waals surface area contributed by atoms with Gasteiger partial charge >= 0.3 is 5.97 Å². The summed E-state index contributed by atoms with van der Waals surface area (Å²) >= 11 is 5.83. The molecule has 2 aromatic rings. The third-order valence-electron chi connectivity index (χ3n) is 3.13. The Morgan fingerprint density at radius 2 is 1.67 bits per heavy atom. The lowest BCUT2D eigenvalue weighted by molar-refractivity contribution is -0.139. The highest BCUT2D eigenvalue weighted by atomic mass is 35.5. The van der Waals surface area contributed by atoms with Crippen molar-refractivity contribution in [1.82, 2.24) is 0 Å². The van der Waals surface area contributed by atoms with Gasteiger partial charge in [-0.25, -0.2) is 0 Å². The molecule has 0 heterocycles. The van der Waals surface area contributed by atoms with Gasteiger partial charge in [-0.05, 0) is 29.8 Å². The molecule has 3 nitrogen and oxygen atoms in total. The number of para-hydroxylation sites is 1. The predicted octanol–water partition coefficient (Wildman–Crippen LogP) is 4.00. The molecule has 0 fully saturated rings. The quantitative estimate of drug-likeness (QED) is 0.682. The van der Waals surface area contributed by atoms with Crippen molar-refractivity contribution in [2.24, 2.45) is 11.7 Å². The maximum absolute atomic E-state index is 12.1. The van der Waals surface area contributed by atoms with Crippen LogP contribution < -0.4 is 10.5 Å². The Morgan fingerprint density at radius 1 is 1.10 bits per heavy atom. The van der Waals surface area contributed by atoms with E-state index in [0.29, 0.717) is 10.8 Å². The van der Waals surface area contributed by atoms with Crippen LogP contribution in [0.4, 0.5) is 0 Å². The summed E-state index contributed by atoms with van der Waals surface area (Å²) in [6.45, 7) is 1.75. The molecule has 2 atom stereocenters. The minimum absolute atomic E-state index is 0. The molecule has 0 aliphatic heterocycles. The SMILES string of the molecule is C[C@H](C(=O)Oc1ccccc1)[C@H](N)c1ccc(Cl)cc1.Cl. The number of esters is 1.